The van der Waals surface area contributed by atoms with Gasteiger partial charge in [0.05, 0.1) is 0 Å². The molecule has 0 unspecified atom stereocenters. The molecule has 1 aromatic rings. The molecule has 0 saturated heterocycles. The molecule has 4 nitrogen and oxygen atoms in total. The first-order chi connectivity index (χ1) is 9.52. The quantitative estimate of drug-likeness (QED) is 0.748. The molecule has 1 aromatic carbocycles. The molecule has 0 spiro atoms. The van der Waals surface area contributed by atoms with Gasteiger partial charge in [0.1, 0.15) is 6.04 Å². The Hall–Kier alpha value is -1.01. The van der Waals surface area contributed by atoms with E-state index in [2.05, 4.69) is 21.2 Å². The summed E-state index contributed by atoms with van der Waals surface area (Å²) >= 11 is 4.94. The minimum absolute atomic E-state index is 0.224. The van der Waals surface area contributed by atoms with Gasteiger partial charge in [-0.3, -0.25) is 4.79 Å². The van der Waals surface area contributed by atoms with E-state index in [1.165, 1.54) is 0 Å². The van der Waals surface area contributed by atoms with Crippen LogP contribution in [0.5, 0.6) is 0 Å². The fourth-order valence-electron chi connectivity index (χ4n) is 1.71. The molecule has 0 radical (unpaired) electrons. The maximum atomic E-state index is 11.8. The van der Waals surface area contributed by atoms with E-state index in [0.717, 1.165) is 10.0 Å². The number of carboxylic acids is 1. The number of nitrogens with one attached hydrogen (secondary N) is 1. The zero-order valence-corrected chi connectivity index (χ0v) is 13.7. The van der Waals surface area contributed by atoms with E-state index in [1.807, 2.05) is 30.5 Å². The summed E-state index contributed by atoms with van der Waals surface area (Å²) in [5.74, 6) is -0.489. The topological polar surface area (TPSA) is 66.4 Å². The number of thioether (sulfide) groups is 1. The number of halogens is 1. The Morgan fingerprint density at radius 2 is 2.20 bits per heavy atom. The summed E-state index contributed by atoms with van der Waals surface area (Å²) in [5, 5.41) is 11.6. The van der Waals surface area contributed by atoms with Crippen molar-refractivity contribution in [3.63, 3.8) is 0 Å². The van der Waals surface area contributed by atoms with E-state index < -0.39 is 12.0 Å². The molecule has 0 aliphatic carbocycles. The third-order valence-electron chi connectivity index (χ3n) is 2.77. The standard InChI is InChI=1S/C14H18BrNO3S/c1-20-8-7-12(14(18)19)16-13(17)6-5-10-3-2-4-11(15)9-10/h2-4,9,12H,5-8H2,1H3,(H,16,17)(H,18,19)/t12-/m1/s1. The zero-order chi connectivity index (χ0) is 15.0. The summed E-state index contributed by atoms with van der Waals surface area (Å²) in [7, 11) is 0. The van der Waals surface area contributed by atoms with Gasteiger partial charge in [-0.15, -0.1) is 0 Å². The normalized spacial score (nSPS) is 11.9. The predicted molar refractivity (Wildman–Crippen MR) is 85.0 cm³/mol. The van der Waals surface area contributed by atoms with Crippen molar-refractivity contribution in [2.75, 3.05) is 12.0 Å². The Labute approximate surface area is 131 Å². The maximum Gasteiger partial charge on any atom is 0.326 e. The van der Waals surface area contributed by atoms with Gasteiger partial charge in [0.25, 0.3) is 0 Å². The second kappa shape index (κ2) is 9.02. The van der Waals surface area contributed by atoms with E-state index in [-0.39, 0.29) is 5.91 Å². The molecular formula is C14H18BrNO3S. The molecule has 20 heavy (non-hydrogen) atoms. The number of amides is 1. The Kier molecular flexibility index (Phi) is 7.69. The molecule has 0 saturated carbocycles. The third-order valence-corrected chi connectivity index (χ3v) is 3.91. The van der Waals surface area contributed by atoms with E-state index in [4.69, 9.17) is 5.11 Å². The molecule has 0 aliphatic rings. The lowest BCUT2D eigenvalue weighted by Crippen LogP contribution is -2.41. The number of rotatable bonds is 8. The second-order valence-corrected chi connectivity index (χ2v) is 6.27. The Balaban J connectivity index is 2.43. The molecule has 0 aromatic heterocycles. The van der Waals surface area contributed by atoms with Gasteiger partial charge in [-0.1, -0.05) is 28.1 Å². The number of benzene rings is 1. The van der Waals surface area contributed by atoms with Crippen LogP contribution < -0.4 is 5.32 Å². The van der Waals surface area contributed by atoms with Crippen LogP contribution in [-0.4, -0.2) is 35.0 Å². The Bertz CT molecular complexity index is 467. The summed E-state index contributed by atoms with van der Waals surface area (Å²) < 4.78 is 0.971. The van der Waals surface area contributed by atoms with Crippen LogP contribution in [0, 0.1) is 0 Å². The van der Waals surface area contributed by atoms with Crippen molar-refractivity contribution >= 4 is 39.6 Å². The number of carboxylic acid groups (broad SMARTS) is 1. The zero-order valence-electron chi connectivity index (χ0n) is 11.3. The highest BCUT2D eigenvalue weighted by molar-refractivity contribution is 9.10. The molecule has 0 aliphatic heterocycles. The van der Waals surface area contributed by atoms with E-state index in [1.54, 1.807) is 11.8 Å². The van der Waals surface area contributed by atoms with Crippen LogP contribution >= 0.6 is 27.7 Å². The molecule has 1 amide bonds. The molecule has 6 heteroatoms. The highest BCUT2D eigenvalue weighted by Gasteiger charge is 2.18. The summed E-state index contributed by atoms with van der Waals surface area (Å²) in [6.45, 7) is 0. The number of aryl methyl sites for hydroxylation is 1. The number of carbonyl (C=O) groups excluding carboxylic acids is 1. The minimum Gasteiger partial charge on any atom is -0.480 e. The number of carbonyl (C=O) groups is 2. The SMILES string of the molecule is CSCC[C@@H](NC(=O)CCc1cccc(Br)c1)C(=O)O. The fourth-order valence-corrected chi connectivity index (χ4v) is 2.63. The number of aliphatic carboxylic acids is 1. The lowest BCUT2D eigenvalue weighted by molar-refractivity contribution is -0.141. The van der Waals surface area contributed by atoms with Crippen LogP contribution in [0.3, 0.4) is 0 Å². The first kappa shape index (κ1) is 17.0. The van der Waals surface area contributed by atoms with Crippen LogP contribution in [-0.2, 0) is 16.0 Å². The van der Waals surface area contributed by atoms with Gasteiger partial charge in [0.2, 0.25) is 5.91 Å². The van der Waals surface area contributed by atoms with Gasteiger partial charge in [0.15, 0.2) is 0 Å². The Morgan fingerprint density at radius 3 is 2.80 bits per heavy atom. The van der Waals surface area contributed by atoms with Crippen LogP contribution in [0.2, 0.25) is 0 Å². The molecule has 1 atom stereocenters. The maximum absolute atomic E-state index is 11.8. The highest BCUT2D eigenvalue weighted by atomic mass is 79.9. The monoisotopic (exact) mass is 359 g/mol. The molecular weight excluding hydrogens is 342 g/mol. The van der Waals surface area contributed by atoms with Crippen molar-refractivity contribution in [2.45, 2.75) is 25.3 Å². The van der Waals surface area contributed by atoms with Gasteiger partial charge < -0.3 is 10.4 Å². The number of hydrogen-bond donors (Lipinski definition) is 2. The van der Waals surface area contributed by atoms with Crippen LogP contribution in [0.25, 0.3) is 0 Å². The molecule has 2 N–H and O–H groups in total. The predicted octanol–water partition coefficient (Wildman–Crippen LogP) is 2.70. The van der Waals surface area contributed by atoms with Gasteiger partial charge >= 0.3 is 5.97 Å². The lowest BCUT2D eigenvalue weighted by atomic mass is 10.1. The van der Waals surface area contributed by atoms with Crippen molar-refractivity contribution in [3.8, 4) is 0 Å². The van der Waals surface area contributed by atoms with Crippen molar-refractivity contribution in [1.29, 1.82) is 0 Å². The molecule has 110 valence electrons. The van der Waals surface area contributed by atoms with E-state index in [0.29, 0.717) is 25.0 Å². The van der Waals surface area contributed by atoms with Crippen molar-refractivity contribution in [3.05, 3.63) is 34.3 Å². The van der Waals surface area contributed by atoms with Gasteiger partial charge in [0, 0.05) is 10.9 Å². The highest BCUT2D eigenvalue weighted by Crippen LogP contribution is 2.13. The largest absolute Gasteiger partial charge is 0.480 e. The summed E-state index contributed by atoms with van der Waals surface area (Å²) in [4.78, 5) is 22.8. The van der Waals surface area contributed by atoms with Crippen molar-refractivity contribution in [1.82, 2.24) is 5.32 Å². The molecule has 0 bridgehead atoms. The number of hydrogen-bond acceptors (Lipinski definition) is 3. The lowest BCUT2D eigenvalue weighted by Gasteiger charge is -2.13. The summed E-state index contributed by atoms with van der Waals surface area (Å²) in [6, 6.07) is 6.94. The summed E-state index contributed by atoms with van der Waals surface area (Å²) in [6.07, 6.45) is 3.24. The van der Waals surface area contributed by atoms with Gasteiger partial charge in [-0.05, 0) is 42.5 Å². The third kappa shape index (κ3) is 6.43. The first-order valence-corrected chi connectivity index (χ1v) is 8.47. The van der Waals surface area contributed by atoms with Gasteiger partial charge in [-0.2, -0.15) is 11.8 Å². The van der Waals surface area contributed by atoms with Crippen LogP contribution in [0.1, 0.15) is 18.4 Å². The molecule has 0 fully saturated rings. The second-order valence-electron chi connectivity index (χ2n) is 4.37. The van der Waals surface area contributed by atoms with E-state index >= 15 is 0 Å². The smallest absolute Gasteiger partial charge is 0.326 e. The van der Waals surface area contributed by atoms with Gasteiger partial charge in [-0.25, -0.2) is 4.79 Å². The summed E-state index contributed by atoms with van der Waals surface area (Å²) in [5.41, 5.74) is 1.05. The van der Waals surface area contributed by atoms with Crippen molar-refractivity contribution in [2.24, 2.45) is 0 Å². The fraction of sp³-hybridized carbons (Fsp3) is 0.429. The minimum atomic E-state index is -0.977. The molecule has 1 rings (SSSR count). The van der Waals surface area contributed by atoms with Crippen molar-refractivity contribution < 1.29 is 14.7 Å². The first-order valence-electron chi connectivity index (χ1n) is 6.28. The average molecular weight is 360 g/mol. The average Bonchev–Trinajstić information content (AvgIpc) is 2.41. The van der Waals surface area contributed by atoms with Crippen LogP contribution in [0.4, 0.5) is 0 Å². The van der Waals surface area contributed by atoms with E-state index in [9.17, 15) is 9.59 Å². The molecule has 0 heterocycles. The van der Waals surface area contributed by atoms with Crippen LogP contribution in [0.15, 0.2) is 28.7 Å². The Morgan fingerprint density at radius 1 is 1.45 bits per heavy atom.